The van der Waals surface area contributed by atoms with Crippen LogP contribution in [0.1, 0.15) is 12.8 Å². The minimum absolute atomic E-state index is 0.0289. The van der Waals surface area contributed by atoms with E-state index in [9.17, 15) is 8.42 Å². The Labute approximate surface area is 91.9 Å². The monoisotopic (exact) mass is 232 g/mol. The zero-order valence-corrected chi connectivity index (χ0v) is 10.1. The Kier molecular flexibility index (Phi) is 4.14. The molecule has 0 amide bonds. The van der Waals surface area contributed by atoms with E-state index >= 15 is 0 Å². The van der Waals surface area contributed by atoms with Gasteiger partial charge in [0.15, 0.2) is 0 Å². The third-order valence-corrected chi connectivity index (χ3v) is 3.12. The molecule has 0 spiro atoms. The minimum atomic E-state index is -3.35. The van der Waals surface area contributed by atoms with E-state index in [4.69, 9.17) is 0 Å². The van der Waals surface area contributed by atoms with Crippen molar-refractivity contribution < 1.29 is 17.1 Å². The summed E-state index contributed by atoms with van der Waals surface area (Å²) < 4.78 is 26.7. The van der Waals surface area contributed by atoms with Gasteiger partial charge in [0.05, 0.1) is 26.4 Å². The predicted molar refractivity (Wildman–Crippen MR) is 58.6 cm³/mol. The highest BCUT2D eigenvalue weighted by atomic mass is 32.2. The summed E-state index contributed by atoms with van der Waals surface area (Å²) in [5.41, 5.74) is 0. The lowest BCUT2D eigenvalue weighted by Gasteiger charge is -2.26. The molecule has 0 N–H and O–H groups in total. The molecule has 5 heteroatoms. The van der Waals surface area contributed by atoms with Gasteiger partial charge < -0.3 is 4.48 Å². The minimum Gasteiger partial charge on any atom is -0.316 e. The summed E-state index contributed by atoms with van der Waals surface area (Å²) >= 11 is 0. The molecule has 0 saturated carbocycles. The average molecular weight is 232 g/mol. The van der Waals surface area contributed by atoms with Crippen LogP contribution < -0.4 is 0 Å². The van der Waals surface area contributed by atoms with Gasteiger partial charge in [0.25, 0.3) is 10.1 Å². The topological polar surface area (TPSA) is 43.4 Å². The van der Waals surface area contributed by atoms with Gasteiger partial charge in [-0.3, -0.25) is 4.18 Å². The van der Waals surface area contributed by atoms with E-state index in [-0.39, 0.29) is 6.61 Å². The van der Waals surface area contributed by atoms with Crippen LogP contribution in [-0.4, -0.2) is 52.4 Å². The van der Waals surface area contributed by atoms with E-state index in [0.29, 0.717) is 0 Å². The van der Waals surface area contributed by atoms with E-state index in [1.807, 2.05) is 0 Å². The Hall–Kier alpha value is -0.570. The molecule has 1 aliphatic rings. The van der Waals surface area contributed by atoms with Crippen LogP contribution in [0, 0.1) is 11.8 Å². The molecule has 15 heavy (non-hydrogen) atoms. The molecule has 0 atom stereocenters. The van der Waals surface area contributed by atoms with Crippen molar-refractivity contribution >= 4 is 10.1 Å². The van der Waals surface area contributed by atoms with Crippen LogP contribution in [0.15, 0.2) is 0 Å². The maximum atomic E-state index is 10.6. The van der Waals surface area contributed by atoms with Crippen LogP contribution in [0.3, 0.4) is 0 Å². The number of nitrogens with zero attached hydrogens (tertiary/aromatic N) is 1. The summed E-state index contributed by atoms with van der Waals surface area (Å²) in [7, 11) is -1.17. The molecule has 1 rings (SSSR count). The molecular weight excluding hydrogens is 214 g/mol. The molecule has 0 radical (unpaired) electrons. The first-order valence-corrected chi connectivity index (χ1v) is 6.87. The van der Waals surface area contributed by atoms with Crippen molar-refractivity contribution in [1.29, 1.82) is 0 Å². The molecule has 0 aromatic carbocycles. The van der Waals surface area contributed by atoms with Crippen molar-refractivity contribution in [3.05, 3.63) is 0 Å². The zero-order chi connectivity index (χ0) is 11.4. The molecule has 1 aliphatic heterocycles. The Bertz CT molecular complexity index is 358. The Morgan fingerprint density at radius 1 is 1.27 bits per heavy atom. The second-order valence-corrected chi connectivity index (χ2v) is 5.90. The van der Waals surface area contributed by atoms with E-state index in [2.05, 4.69) is 23.1 Å². The first kappa shape index (κ1) is 12.5. The molecule has 0 unspecified atom stereocenters. The van der Waals surface area contributed by atoms with Gasteiger partial charge in [-0.15, -0.1) is 0 Å². The van der Waals surface area contributed by atoms with Crippen molar-refractivity contribution in [2.24, 2.45) is 0 Å². The van der Waals surface area contributed by atoms with Gasteiger partial charge in [-0.1, -0.05) is 5.92 Å². The highest BCUT2D eigenvalue weighted by Gasteiger charge is 2.25. The summed E-state index contributed by atoms with van der Waals surface area (Å²) in [6, 6.07) is 0. The molecule has 1 heterocycles. The zero-order valence-electron chi connectivity index (χ0n) is 9.32. The Morgan fingerprint density at radius 2 is 1.87 bits per heavy atom. The van der Waals surface area contributed by atoms with Crippen LogP contribution in [0.5, 0.6) is 0 Å². The summed E-state index contributed by atoms with van der Waals surface area (Å²) in [5, 5.41) is 0. The van der Waals surface area contributed by atoms with Crippen molar-refractivity contribution in [2.45, 2.75) is 12.8 Å². The number of hydrogen-bond acceptors (Lipinski definition) is 3. The van der Waals surface area contributed by atoms with Gasteiger partial charge in [-0.2, -0.15) is 8.42 Å². The molecule has 86 valence electrons. The fourth-order valence-electron chi connectivity index (χ4n) is 1.69. The van der Waals surface area contributed by atoms with Crippen molar-refractivity contribution in [2.75, 3.05) is 39.5 Å². The third-order valence-electron chi connectivity index (χ3n) is 2.58. The largest absolute Gasteiger partial charge is 0.316 e. The van der Waals surface area contributed by atoms with Gasteiger partial charge in [0.1, 0.15) is 13.2 Å². The van der Waals surface area contributed by atoms with Gasteiger partial charge in [-0.25, -0.2) is 0 Å². The molecule has 4 nitrogen and oxygen atoms in total. The first-order chi connectivity index (χ1) is 6.91. The quantitative estimate of drug-likeness (QED) is 0.397. The van der Waals surface area contributed by atoms with Gasteiger partial charge in [0.2, 0.25) is 0 Å². The fourth-order valence-corrected chi connectivity index (χ4v) is 1.96. The second kappa shape index (κ2) is 4.97. The van der Waals surface area contributed by atoms with Crippen LogP contribution in [0.25, 0.3) is 0 Å². The molecule has 1 fully saturated rings. The maximum absolute atomic E-state index is 10.6. The van der Waals surface area contributed by atoms with E-state index in [1.54, 1.807) is 0 Å². The highest BCUT2D eigenvalue weighted by Crippen LogP contribution is 2.14. The van der Waals surface area contributed by atoms with Crippen LogP contribution in [0.4, 0.5) is 0 Å². The fraction of sp³-hybridized carbons (Fsp3) is 0.800. The smallest absolute Gasteiger partial charge is 0.265 e. The predicted octanol–water partition coefficient (Wildman–Crippen LogP) is 0.206. The first-order valence-electron chi connectivity index (χ1n) is 5.05. The van der Waals surface area contributed by atoms with Crippen molar-refractivity contribution in [1.82, 2.24) is 0 Å². The molecule has 0 bridgehead atoms. The maximum Gasteiger partial charge on any atom is 0.265 e. The standard InChI is InChI=1S/C10H18NO3S/c1-11(7-3-4-8-11)9-5-6-10-14-15(2,12)13/h3-4,7-10H2,1-2H3/q+1. The van der Waals surface area contributed by atoms with Crippen LogP contribution in [0.2, 0.25) is 0 Å². The molecule has 0 aromatic rings. The molecule has 0 aliphatic carbocycles. The van der Waals surface area contributed by atoms with E-state index < -0.39 is 10.1 Å². The average Bonchev–Trinajstić information content (AvgIpc) is 2.50. The lowest BCUT2D eigenvalue weighted by atomic mass is 10.4. The molecule has 0 aromatic heterocycles. The summed E-state index contributed by atoms with van der Waals surface area (Å²) in [6.45, 7) is 3.09. The normalized spacial score (nSPS) is 19.6. The third kappa shape index (κ3) is 5.17. The molecular formula is C10H18NO3S+. The second-order valence-electron chi connectivity index (χ2n) is 4.25. The number of likely N-dealkylation sites (tertiary alicyclic amines) is 1. The SMILES string of the molecule is C[N+]1(CC#CCOS(C)(=O)=O)CCCC1. The van der Waals surface area contributed by atoms with E-state index in [0.717, 1.165) is 17.3 Å². The number of hydrogen-bond donors (Lipinski definition) is 0. The Balaban J connectivity index is 2.28. The van der Waals surface area contributed by atoms with Gasteiger partial charge in [0, 0.05) is 12.8 Å². The van der Waals surface area contributed by atoms with Crippen LogP contribution in [-0.2, 0) is 14.3 Å². The van der Waals surface area contributed by atoms with Crippen molar-refractivity contribution in [3.8, 4) is 11.8 Å². The number of quaternary nitrogens is 1. The van der Waals surface area contributed by atoms with Gasteiger partial charge in [-0.05, 0) is 5.92 Å². The van der Waals surface area contributed by atoms with Gasteiger partial charge >= 0.3 is 0 Å². The number of rotatable bonds is 3. The van der Waals surface area contributed by atoms with Crippen molar-refractivity contribution in [3.63, 3.8) is 0 Å². The highest BCUT2D eigenvalue weighted by molar-refractivity contribution is 7.85. The van der Waals surface area contributed by atoms with Crippen LogP contribution >= 0.6 is 0 Å². The Morgan fingerprint density at radius 3 is 2.40 bits per heavy atom. The molecule has 1 saturated heterocycles. The lowest BCUT2D eigenvalue weighted by Crippen LogP contribution is -2.40. The van der Waals surface area contributed by atoms with E-state index in [1.165, 1.54) is 25.9 Å². The summed E-state index contributed by atoms with van der Waals surface area (Å²) in [5.74, 6) is 5.70. The summed E-state index contributed by atoms with van der Waals surface area (Å²) in [4.78, 5) is 0. The summed E-state index contributed by atoms with van der Waals surface area (Å²) in [6.07, 6.45) is 3.55. The lowest BCUT2D eigenvalue weighted by molar-refractivity contribution is -0.890.